The second-order valence-corrected chi connectivity index (χ2v) is 9.15. The summed E-state index contributed by atoms with van der Waals surface area (Å²) in [7, 11) is 0. The Morgan fingerprint density at radius 2 is 2.00 bits per heavy atom. The van der Waals surface area contributed by atoms with E-state index in [9.17, 15) is 20.1 Å². The Labute approximate surface area is 191 Å². The van der Waals surface area contributed by atoms with E-state index in [0.29, 0.717) is 47.3 Å². The fraction of sp³-hybridized carbons (Fsp3) is 0.385. The van der Waals surface area contributed by atoms with Crippen LogP contribution in [-0.4, -0.2) is 44.5 Å². The molecule has 2 unspecified atom stereocenters. The number of aliphatic hydroxyl groups is 1. The molecule has 2 bridgehead atoms. The van der Waals surface area contributed by atoms with Gasteiger partial charge in [-0.1, -0.05) is 38.1 Å². The first kappa shape index (κ1) is 20.4. The molecule has 4 N–H and O–H groups in total. The highest BCUT2D eigenvalue weighted by molar-refractivity contribution is 6.04. The Kier molecular flexibility index (Phi) is 4.14. The summed E-state index contributed by atoms with van der Waals surface area (Å²) < 4.78 is 6.39. The molecule has 0 saturated carbocycles. The maximum Gasteiger partial charge on any atom is 0.336 e. The molecule has 1 aromatic heterocycles. The zero-order valence-electron chi connectivity index (χ0n) is 18.6. The maximum atomic E-state index is 12.4. The van der Waals surface area contributed by atoms with Gasteiger partial charge in [-0.2, -0.15) is 0 Å². The molecular formula is C26H26N2O5. The third-order valence-corrected chi connectivity index (χ3v) is 7.97. The summed E-state index contributed by atoms with van der Waals surface area (Å²) >= 11 is 0. The van der Waals surface area contributed by atoms with Gasteiger partial charge >= 0.3 is 5.97 Å². The van der Waals surface area contributed by atoms with Crippen molar-refractivity contribution in [1.29, 1.82) is 0 Å². The minimum Gasteiger partial charge on any atom is -0.504 e. The number of carboxylic acid groups (broad SMARTS) is 1. The molecule has 1 fully saturated rings. The Morgan fingerprint density at radius 1 is 1.21 bits per heavy atom. The number of ether oxygens (including phenoxy) is 1. The Morgan fingerprint density at radius 3 is 2.79 bits per heavy atom. The van der Waals surface area contributed by atoms with E-state index in [1.165, 1.54) is 0 Å². The van der Waals surface area contributed by atoms with E-state index >= 15 is 0 Å². The van der Waals surface area contributed by atoms with Crippen LogP contribution in [0.25, 0.3) is 10.9 Å². The SMILES string of the molecule is CC.O=C(O)c1c2c(nc3ccccc13)C1Oc3c(O)ccc4c3[C@@]13CCN[C@H](C4)C3(O)C2. The van der Waals surface area contributed by atoms with E-state index in [2.05, 4.69) is 5.32 Å². The number of aromatic nitrogens is 1. The molecule has 33 heavy (non-hydrogen) atoms. The normalized spacial score (nSPS) is 29.9. The fourth-order valence-corrected chi connectivity index (χ4v) is 6.79. The lowest BCUT2D eigenvalue weighted by Crippen LogP contribution is -2.74. The van der Waals surface area contributed by atoms with Crippen molar-refractivity contribution >= 4 is 16.9 Å². The van der Waals surface area contributed by atoms with Crippen LogP contribution in [0.5, 0.6) is 11.5 Å². The third kappa shape index (κ3) is 2.26. The number of nitrogens with one attached hydrogen (secondary N) is 1. The molecule has 0 amide bonds. The lowest BCUT2D eigenvalue weighted by Gasteiger charge is -2.60. The van der Waals surface area contributed by atoms with Crippen molar-refractivity contribution in [3.8, 4) is 11.5 Å². The van der Waals surface area contributed by atoms with Crippen molar-refractivity contribution in [3.05, 3.63) is 64.3 Å². The third-order valence-electron chi connectivity index (χ3n) is 7.97. The minimum absolute atomic E-state index is 0.0441. The van der Waals surface area contributed by atoms with Gasteiger partial charge in [-0.05, 0) is 42.6 Å². The number of piperidine rings is 1. The molecular weight excluding hydrogens is 420 g/mol. The standard InChI is InChI=1S/C24H20N2O5.C2H6/c27-15-6-5-11-9-16-24(30)10-13-17(22(28)29)12-3-1-2-4-14(12)26-19(13)21-23(24,7-8-25-16)18(11)20(15)31-21;1-2/h1-6,16,21,25,27,30H,7-10H2,(H,28,29);1-2H3/t16-,21?,23+,24?;/m1./s1. The average molecular weight is 447 g/mol. The van der Waals surface area contributed by atoms with Gasteiger partial charge in [-0.3, -0.25) is 0 Å². The largest absolute Gasteiger partial charge is 0.504 e. The Bertz CT molecular complexity index is 1340. The summed E-state index contributed by atoms with van der Waals surface area (Å²) in [6.45, 7) is 4.70. The summed E-state index contributed by atoms with van der Waals surface area (Å²) in [6.07, 6.45) is 0.726. The zero-order chi connectivity index (χ0) is 23.1. The molecule has 7 rings (SSSR count). The first-order chi connectivity index (χ1) is 16.0. The van der Waals surface area contributed by atoms with Gasteiger partial charge in [0.25, 0.3) is 0 Å². The number of aromatic carboxylic acids is 1. The number of carboxylic acids is 1. The van der Waals surface area contributed by atoms with Crippen LogP contribution in [0.2, 0.25) is 0 Å². The van der Waals surface area contributed by atoms with Gasteiger partial charge in [-0.15, -0.1) is 0 Å². The van der Waals surface area contributed by atoms with Crippen LogP contribution in [0.1, 0.15) is 59.1 Å². The van der Waals surface area contributed by atoms with Crippen molar-refractivity contribution in [2.45, 2.75) is 56.3 Å². The molecule has 0 radical (unpaired) electrons. The van der Waals surface area contributed by atoms with Gasteiger partial charge in [0, 0.05) is 23.4 Å². The lowest BCUT2D eigenvalue weighted by atomic mass is 9.49. The number of phenols is 1. The predicted molar refractivity (Wildman–Crippen MR) is 122 cm³/mol. The number of hydrogen-bond acceptors (Lipinski definition) is 6. The molecule has 170 valence electrons. The second-order valence-electron chi connectivity index (χ2n) is 9.15. The van der Waals surface area contributed by atoms with Gasteiger partial charge < -0.3 is 25.4 Å². The van der Waals surface area contributed by atoms with Crippen LogP contribution in [0, 0.1) is 0 Å². The van der Waals surface area contributed by atoms with Gasteiger partial charge in [0.1, 0.15) is 0 Å². The van der Waals surface area contributed by atoms with E-state index in [0.717, 1.165) is 11.1 Å². The number of aromatic hydroxyl groups is 1. The van der Waals surface area contributed by atoms with Crippen LogP contribution >= 0.6 is 0 Å². The topological polar surface area (TPSA) is 112 Å². The Hall–Kier alpha value is -3.16. The number of fused-ring (bicyclic) bond motifs is 3. The van der Waals surface area contributed by atoms with Gasteiger partial charge in [0.05, 0.1) is 27.8 Å². The monoisotopic (exact) mass is 446 g/mol. The highest BCUT2D eigenvalue weighted by Gasteiger charge is 2.71. The number of rotatable bonds is 1. The molecule has 4 aliphatic rings. The number of phenolic OH excluding ortho intramolecular Hbond substituents is 1. The fourth-order valence-electron chi connectivity index (χ4n) is 6.79. The highest BCUT2D eigenvalue weighted by Crippen LogP contribution is 2.67. The van der Waals surface area contributed by atoms with E-state index < -0.39 is 23.1 Å². The summed E-state index contributed by atoms with van der Waals surface area (Å²) in [5.41, 5.74) is 1.76. The minimum atomic E-state index is -1.25. The van der Waals surface area contributed by atoms with Crippen LogP contribution in [0.3, 0.4) is 0 Å². The predicted octanol–water partition coefficient (Wildman–Crippen LogP) is 3.24. The molecule has 2 aliphatic heterocycles. The molecule has 3 aromatic rings. The van der Waals surface area contributed by atoms with E-state index in [1.54, 1.807) is 24.3 Å². The van der Waals surface area contributed by atoms with Crippen LogP contribution in [0.4, 0.5) is 0 Å². The quantitative estimate of drug-likeness (QED) is 0.454. The summed E-state index contributed by atoms with van der Waals surface area (Å²) in [6, 6.07) is 10.5. The van der Waals surface area contributed by atoms with Crippen molar-refractivity contribution in [2.24, 2.45) is 0 Å². The smallest absolute Gasteiger partial charge is 0.336 e. The average Bonchev–Trinajstić information content (AvgIpc) is 3.15. The number of benzene rings is 2. The van der Waals surface area contributed by atoms with E-state index in [4.69, 9.17) is 9.72 Å². The lowest BCUT2D eigenvalue weighted by molar-refractivity contribution is -0.134. The molecule has 2 aromatic carbocycles. The van der Waals surface area contributed by atoms with Crippen LogP contribution in [-0.2, 0) is 18.3 Å². The van der Waals surface area contributed by atoms with Crippen molar-refractivity contribution in [2.75, 3.05) is 6.54 Å². The van der Waals surface area contributed by atoms with Crippen LogP contribution < -0.4 is 10.1 Å². The summed E-state index contributed by atoms with van der Waals surface area (Å²) in [5, 5.41) is 37.1. The zero-order valence-corrected chi connectivity index (χ0v) is 18.6. The van der Waals surface area contributed by atoms with Gasteiger partial charge in [0.15, 0.2) is 17.6 Å². The molecule has 3 heterocycles. The summed E-state index contributed by atoms with van der Waals surface area (Å²) in [5.74, 6) is -0.592. The van der Waals surface area contributed by atoms with Crippen molar-refractivity contribution in [1.82, 2.24) is 10.3 Å². The van der Waals surface area contributed by atoms with Crippen molar-refractivity contribution in [3.63, 3.8) is 0 Å². The molecule has 7 heteroatoms. The highest BCUT2D eigenvalue weighted by atomic mass is 16.5. The van der Waals surface area contributed by atoms with Gasteiger partial charge in [0.2, 0.25) is 0 Å². The molecule has 1 saturated heterocycles. The number of para-hydroxylation sites is 1. The van der Waals surface area contributed by atoms with Gasteiger partial charge in [-0.25, -0.2) is 9.78 Å². The van der Waals surface area contributed by atoms with Crippen LogP contribution in [0.15, 0.2) is 36.4 Å². The number of nitrogens with zero attached hydrogens (tertiary/aromatic N) is 1. The molecule has 4 atom stereocenters. The molecule has 7 nitrogen and oxygen atoms in total. The number of hydrogen-bond donors (Lipinski definition) is 4. The molecule has 1 spiro atoms. The summed E-state index contributed by atoms with van der Waals surface area (Å²) in [4.78, 5) is 17.3. The molecule has 2 aliphatic carbocycles. The first-order valence-corrected chi connectivity index (χ1v) is 11.6. The Balaban J connectivity index is 0.00000101. The number of pyridine rings is 1. The van der Waals surface area contributed by atoms with E-state index in [-0.39, 0.29) is 23.8 Å². The maximum absolute atomic E-state index is 12.4. The number of carbonyl (C=O) groups is 1. The first-order valence-electron chi connectivity index (χ1n) is 11.6. The second kappa shape index (κ2) is 6.68. The van der Waals surface area contributed by atoms with E-state index in [1.807, 2.05) is 26.0 Å². The van der Waals surface area contributed by atoms with Crippen molar-refractivity contribution < 1.29 is 24.9 Å².